The van der Waals surface area contributed by atoms with Crippen molar-refractivity contribution in [3.05, 3.63) is 29.3 Å². The maximum atomic E-state index is 10.5. The number of hydrogen-bond acceptors (Lipinski definition) is 4. The van der Waals surface area contributed by atoms with Crippen LogP contribution in [0.15, 0.2) is 18.2 Å². The number of carbonyl (C=O) groups excluding carboxylic acids is 1. The van der Waals surface area contributed by atoms with Crippen molar-refractivity contribution in [1.29, 1.82) is 5.26 Å². The Bertz CT molecular complexity index is 370. The van der Waals surface area contributed by atoms with Gasteiger partial charge >= 0.3 is 7.12 Å². The van der Waals surface area contributed by atoms with E-state index in [1.807, 2.05) is 6.07 Å². The molecule has 1 aromatic carbocycles. The van der Waals surface area contributed by atoms with E-state index in [1.54, 1.807) is 0 Å². The highest BCUT2D eigenvalue weighted by molar-refractivity contribution is 6.60. The monoisotopic (exact) mass is 175 g/mol. The molecule has 1 rings (SSSR count). The number of nitriles is 1. The van der Waals surface area contributed by atoms with Gasteiger partial charge in [-0.1, -0.05) is 6.07 Å². The molecule has 0 aliphatic heterocycles. The lowest BCUT2D eigenvalue weighted by atomic mass is 9.77. The van der Waals surface area contributed by atoms with E-state index in [0.717, 1.165) is 0 Å². The fraction of sp³-hybridized carbons (Fsp3) is 0. The van der Waals surface area contributed by atoms with Crippen molar-refractivity contribution in [3.8, 4) is 6.07 Å². The van der Waals surface area contributed by atoms with E-state index in [1.165, 1.54) is 18.2 Å². The van der Waals surface area contributed by atoms with Gasteiger partial charge in [-0.15, -0.1) is 0 Å². The normalized spacial score (nSPS) is 9.00. The fourth-order valence-corrected chi connectivity index (χ4v) is 0.982. The van der Waals surface area contributed by atoms with Crippen LogP contribution in [-0.2, 0) is 0 Å². The molecule has 2 N–H and O–H groups in total. The highest BCUT2D eigenvalue weighted by Crippen LogP contribution is 1.99. The van der Waals surface area contributed by atoms with Crippen molar-refractivity contribution >= 4 is 18.9 Å². The molecule has 0 saturated carbocycles. The number of benzene rings is 1. The van der Waals surface area contributed by atoms with Gasteiger partial charge in [0.15, 0.2) is 0 Å². The molecule has 0 aliphatic rings. The van der Waals surface area contributed by atoms with Crippen LogP contribution in [0.3, 0.4) is 0 Å². The molecule has 0 unspecified atom stereocenters. The maximum Gasteiger partial charge on any atom is 0.489 e. The van der Waals surface area contributed by atoms with Crippen molar-refractivity contribution in [2.75, 3.05) is 0 Å². The predicted molar refractivity (Wildman–Crippen MR) is 46.4 cm³/mol. The molecule has 1 aromatic rings. The molecule has 64 valence electrons. The van der Waals surface area contributed by atoms with Crippen LogP contribution in [0.1, 0.15) is 15.9 Å². The number of hydrogen-bond donors (Lipinski definition) is 2. The number of aldehydes is 1. The Morgan fingerprint density at radius 1 is 1.46 bits per heavy atom. The van der Waals surface area contributed by atoms with Crippen molar-refractivity contribution < 1.29 is 14.8 Å². The molecule has 0 heterocycles. The molecular formula is C8H6BNO3. The Kier molecular flexibility index (Phi) is 2.80. The lowest BCUT2D eigenvalue weighted by molar-refractivity contribution is 0.112. The SMILES string of the molecule is N#Cc1ccc(B(O)O)c(C=O)c1. The Balaban J connectivity index is 3.25. The van der Waals surface area contributed by atoms with Crippen LogP contribution >= 0.6 is 0 Å². The van der Waals surface area contributed by atoms with Gasteiger partial charge in [-0.2, -0.15) is 5.26 Å². The zero-order chi connectivity index (χ0) is 9.84. The van der Waals surface area contributed by atoms with E-state index >= 15 is 0 Å². The van der Waals surface area contributed by atoms with Crippen LogP contribution in [0.5, 0.6) is 0 Å². The van der Waals surface area contributed by atoms with Crippen LogP contribution < -0.4 is 5.46 Å². The van der Waals surface area contributed by atoms with Gasteiger partial charge < -0.3 is 10.0 Å². The molecule has 0 fully saturated rings. The summed E-state index contributed by atoms with van der Waals surface area (Å²) in [5.41, 5.74) is 0.537. The molecular weight excluding hydrogens is 169 g/mol. The van der Waals surface area contributed by atoms with E-state index in [9.17, 15) is 4.79 Å². The minimum Gasteiger partial charge on any atom is -0.423 e. The van der Waals surface area contributed by atoms with Crippen LogP contribution in [0.4, 0.5) is 0 Å². The van der Waals surface area contributed by atoms with Gasteiger partial charge in [0.05, 0.1) is 11.6 Å². The second kappa shape index (κ2) is 3.85. The van der Waals surface area contributed by atoms with E-state index in [-0.39, 0.29) is 11.0 Å². The largest absolute Gasteiger partial charge is 0.489 e. The third kappa shape index (κ3) is 1.93. The molecule has 0 bridgehead atoms. The second-order valence-electron chi connectivity index (χ2n) is 2.45. The average Bonchev–Trinajstić information content (AvgIpc) is 2.16. The van der Waals surface area contributed by atoms with Gasteiger partial charge in [0.25, 0.3) is 0 Å². The van der Waals surface area contributed by atoms with Crippen molar-refractivity contribution in [2.24, 2.45) is 0 Å². The van der Waals surface area contributed by atoms with E-state index in [0.29, 0.717) is 11.8 Å². The number of carbonyl (C=O) groups is 1. The summed E-state index contributed by atoms with van der Waals surface area (Å²) in [6.07, 6.45) is 0.482. The van der Waals surface area contributed by atoms with Crippen LogP contribution in [0, 0.1) is 11.3 Å². The summed E-state index contributed by atoms with van der Waals surface area (Å²) < 4.78 is 0. The van der Waals surface area contributed by atoms with Gasteiger partial charge in [0.1, 0.15) is 6.29 Å². The van der Waals surface area contributed by atoms with Gasteiger partial charge in [-0.05, 0) is 17.6 Å². The maximum absolute atomic E-state index is 10.5. The second-order valence-corrected chi connectivity index (χ2v) is 2.45. The van der Waals surface area contributed by atoms with Gasteiger partial charge in [-0.25, -0.2) is 0 Å². The van der Waals surface area contributed by atoms with Crippen LogP contribution in [0.25, 0.3) is 0 Å². The third-order valence-corrected chi connectivity index (χ3v) is 1.62. The van der Waals surface area contributed by atoms with Gasteiger partial charge in [0.2, 0.25) is 0 Å². The van der Waals surface area contributed by atoms with Crippen molar-refractivity contribution in [3.63, 3.8) is 0 Å². The first-order valence-corrected chi connectivity index (χ1v) is 3.54. The van der Waals surface area contributed by atoms with E-state index < -0.39 is 7.12 Å². The molecule has 0 radical (unpaired) electrons. The molecule has 4 nitrogen and oxygen atoms in total. The molecule has 0 spiro atoms. The standard InChI is InChI=1S/C8H6BNO3/c10-4-6-1-2-8(9(12)13)7(3-6)5-11/h1-3,5,12-13H. The highest BCUT2D eigenvalue weighted by atomic mass is 16.4. The molecule has 5 heteroatoms. The molecule has 13 heavy (non-hydrogen) atoms. The zero-order valence-corrected chi connectivity index (χ0v) is 6.64. The van der Waals surface area contributed by atoms with Gasteiger partial charge in [-0.3, -0.25) is 4.79 Å². The predicted octanol–water partition coefficient (Wildman–Crippen LogP) is -0.949. The number of nitrogens with zero attached hydrogens (tertiary/aromatic N) is 1. The smallest absolute Gasteiger partial charge is 0.423 e. The van der Waals surface area contributed by atoms with E-state index in [2.05, 4.69) is 0 Å². The topological polar surface area (TPSA) is 81.3 Å². The summed E-state index contributed by atoms with van der Waals surface area (Å²) in [6, 6.07) is 5.91. The lowest BCUT2D eigenvalue weighted by Crippen LogP contribution is -2.32. The first kappa shape index (κ1) is 9.45. The van der Waals surface area contributed by atoms with Crippen LogP contribution in [0.2, 0.25) is 0 Å². The minimum absolute atomic E-state index is 0.106. The quantitative estimate of drug-likeness (QED) is 0.448. The molecule has 0 amide bonds. The molecule has 0 aliphatic carbocycles. The Morgan fingerprint density at radius 3 is 2.62 bits per heavy atom. The first-order valence-electron chi connectivity index (χ1n) is 3.54. The Morgan fingerprint density at radius 2 is 2.15 bits per heavy atom. The summed E-state index contributed by atoms with van der Waals surface area (Å²) in [5.74, 6) is 0. The molecule has 0 aromatic heterocycles. The highest BCUT2D eigenvalue weighted by Gasteiger charge is 2.15. The Hall–Kier alpha value is -1.64. The summed E-state index contributed by atoms with van der Waals surface area (Å²) >= 11 is 0. The number of rotatable bonds is 2. The van der Waals surface area contributed by atoms with Crippen molar-refractivity contribution in [2.45, 2.75) is 0 Å². The van der Waals surface area contributed by atoms with E-state index in [4.69, 9.17) is 15.3 Å². The lowest BCUT2D eigenvalue weighted by Gasteiger charge is -2.02. The third-order valence-electron chi connectivity index (χ3n) is 1.62. The molecule has 0 saturated heterocycles. The average molecular weight is 175 g/mol. The van der Waals surface area contributed by atoms with Gasteiger partial charge in [0, 0.05) is 5.56 Å². The fourth-order valence-electron chi connectivity index (χ4n) is 0.982. The summed E-state index contributed by atoms with van der Waals surface area (Å²) in [6.45, 7) is 0. The first-order chi connectivity index (χ1) is 6.19. The summed E-state index contributed by atoms with van der Waals surface area (Å²) in [7, 11) is -1.69. The van der Waals surface area contributed by atoms with Crippen molar-refractivity contribution in [1.82, 2.24) is 0 Å². The minimum atomic E-state index is -1.69. The molecule has 0 atom stereocenters. The summed E-state index contributed by atoms with van der Waals surface area (Å²) in [4.78, 5) is 10.5. The summed E-state index contributed by atoms with van der Waals surface area (Å²) in [5, 5.41) is 26.1. The van der Waals surface area contributed by atoms with Crippen LogP contribution in [-0.4, -0.2) is 23.5 Å². The Labute approximate surface area is 75.2 Å². The zero-order valence-electron chi connectivity index (χ0n) is 6.64.